The first-order chi connectivity index (χ1) is 11.5. The van der Waals surface area contributed by atoms with Crippen LogP contribution in [0, 0.1) is 0 Å². The Bertz CT molecular complexity index is 705. The molecule has 0 spiro atoms. The predicted molar refractivity (Wildman–Crippen MR) is 93.7 cm³/mol. The molecular formula is C17H23N5O2. The van der Waals surface area contributed by atoms with Crippen molar-refractivity contribution < 1.29 is 9.53 Å². The van der Waals surface area contributed by atoms with Crippen LogP contribution in [0.1, 0.15) is 22.8 Å². The number of rotatable bonds is 8. The molecule has 0 saturated heterocycles. The molecule has 7 nitrogen and oxygen atoms in total. The first kappa shape index (κ1) is 17.8. The van der Waals surface area contributed by atoms with Crippen LogP contribution in [0.3, 0.4) is 0 Å². The fraction of sp³-hybridized carbons (Fsp3) is 0.353. The van der Waals surface area contributed by atoms with Crippen LogP contribution in [0.5, 0.6) is 0 Å². The van der Waals surface area contributed by atoms with Crippen molar-refractivity contribution in [1.82, 2.24) is 9.97 Å². The molecule has 0 saturated carbocycles. The summed E-state index contributed by atoms with van der Waals surface area (Å²) < 4.78 is 4.99. The number of benzene rings is 1. The number of nitrogens with two attached hydrogens (primary N) is 2. The van der Waals surface area contributed by atoms with Crippen LogP contribution in [-0.4, -0.2) is 42.2 Å². The van der Waals surface area contributed by atoms with Crippen LogP contribution >= 0.6 is 0 Å². The Morgan fingerprint density at radius 3 is 2.88 bits per heavy atom. The van der Waals surface area contributed by atoms with Crippen molar-refractivity contribution in [2.24, 2.45) is 11.5 Å². The van der Waals surface area contributed by atoms with Crippen LogP contribution in [-0.2, 0) is 11.2 Å². The fourth-order valence-corrected chi connectivity index (χ4v) is 2.30. The number of nitrogens with one attached hydrogen (secondary N) is 1. The van der Waals surface area contributed by atoms with Gasteiger partial charge in [0.2, 0.25) is 5.95 Å². The van der Waals surface area contributed by atoms with E-state index in [1.54, 1.807) is 7.11 Å². The van der Waals surface area contributed by atoms with E-state index in [9.17, 15) is 4.79 Å². The van der Waals surface area contributed by atoms with Crippen molar-refractivity contribution in [1.29, 1.82) is 0 Å². The molecule has 1 heterocycles. The van der Waals surface area contributed by atoms with Crippen LogP contribution < -0.4 is 16.8 Å². The summed E-state index contributed by atoms with van der Waals surface area (Å²) in [4.78, 5) is 20.3. The molecule has 2 aromatic rings. The summed E-state index contributed by atoms with van der Waals surface area (Å²) in [5.74, 6) is -0.169. The molecule has 7 heteroatoms. The average molecular weight is 329 g/mol. The number of hydrogen-bond acceptors (Lipinski definition) is 6. The Hall–Kier alpha value is -2.51. The van der Waals surface area contributed by atoms with Gasteiger partial charge in [-0.05, 0) is 18.1 Å². The van der Waals surface area contributed by atoms with Gasteiger partial charge in [0.15, 0.2) is 0 Å². The second-order valence-electron chi connectivity index (χ2n) is 5.47. The van der Waals surface area contributed by atoms with Crippen molar-refractivity contribution in [3.05, 3.63) is 41.6 Å². The number of hydrogen-bond donors (Lipinski definition) is 3. The summed E-state index contributed by atoms with van der Waals surface area (Å²) in [5, 5.41) is 3.05. The molecule has 128 valence electrons. The van der Waals surface area contributed by atoms with Crippen LogP contribution in [0.2, 0.25) is 0 Å². The average Bonchev–Trinajstić information content (AvgIpc) is 2.60. The number of aryl methyl sites for hydroxylation is 1. The number of amides is 1. The highest BCUT2D eigenvalue weighted by Gasteiger charge is 2.14. The van der Waals surface area contributed by atoms with Gasteiger partial charge in [-0.25, -0.2) is 9.97 Å². The second kappa shape index (κ2) is 8.37. The van der Waals surface area contributed by atoms with Gasteiger partial charge in [0.25, 0.3) is 5.91 Å². The third-order valence-electron chi connectivity index (χ3n) is 3.57. The van der Waals surface area contributed by atoms with Gasteiger partial charge in [0, 0.05) is 31.5 Å². The summed E-state index contributed by atoms with van der Waals surface area (Å²) >= 11 is 0. The molecule has 5 N–H and O–H groups in total. The molecule has 0 bridgehead atoms. The molecule has 0 aliphatic carbocycles. The Kier molecular flexibility index (Phi) is 6.22. The van der Waals surface area contributed by atoms with Gasteiger partial charge in [0.05, 0.1) is 17.9 Å². The van der Waals surface area contributed by atoms with Gasteiger partial charge < -0.3 is 21.5 Å². The Morgan fingerprint density at radius 1 is 1.42 bits per heavy atom. The van der Waals surface area contributed by atoms with Gasteiger partial charge in [-0.15, -0.1) is 0 Å². The van der Waals surface area contributed by atoms with Crippen molar-refractivity contribution >= 4 is 11.9 Å². The highest BCUT2D eigenvalue weighted by atomic mass is 16.5. The van der Waals surface area contributed by atoms with Gasteiger partial charge in [-0.3, -0.25) is 4.79 Å². The lowest BCUT2D eigenvalue weighted by Crippen LogP contribution is -2.33. The largest absolute Gasteiger partial charge is 0.383 e. The lowest BCUT2D eigenvalue weighted by molar-refractivity contribution is 0.100. The third kappa shape index (κ3) is 4.50. The normalized spacial score (nSPS) is 12.0. The molecule has 0 aliphatic rings. The number of ether oxygens (including phenoxy) is 1. The van der Waals surface area contributed by atoms with E-state index < -0.39 is 5.91 Å². The van der Waals surface area contributed by atoms with E-state index in [-0.39, 0.29) is 11.6 Å². The highest BCUT2D eigenvalue weighted by molar-refractivity contribution is 5.98. The summed E-state index contributed by atoms with van der Waals surface area (Å²) in [5.41, 5.74) is 14.1. The SMILES string of the molecule is CCc1cccc(-c2nc(NCC(N)COC)ncc2C(N)=O)c1. The van der Waals surface area contributed by atoms with E-state index in [0.29, 0.717) is 24.8 Å². The Labute approximate surface area is 141 Å². The number of nitrogens with zero attached hydrogens (tertiary/aromatic N) is 2. The second-order valence-corrected chi connectivity index (χ2v) is 5.47. The van der Waals surface area contributed by atoms with Crippen molar-refractivity contribution in [3.63, 3.8) is 0 Å². The molecule has 1 aromatic heterocycles. The highest BCUT2D eigenvalue weighted by Crippen LogP contribution is 2.23. The van der Waals surface area contributed by atoms with Gasteiger partial charge in [-0.1, -0.05) is 25.1 Å². The van der Waals surface area contributed by atoms with E-state index in [1.165, 1.54) is 6.20 Å². The first-order valence-electron chi connectivity index (χ1n) is 7.79. The number of primary amides is 1. The molecule has 0 radical (unpaired) electrons. The standard InChI is InChI=1S/C17H23N5O2/c1-3-11-5-4-6-12(7-11)15-14(16(19)23)9-21-17(22-15)20-8-13(18)10-24-2/h4-7,9,13H,3,8,10,18H2,1-2H3,(H2,19,23)(H,20,21,22). The zero-order chi connectivity index (χ0) is 17.5. The summed E-state index contributed by atoms with van der Waals surface area (Å²) in [6, 6.07) is 7.67. The minimum Gasteiger partial charge on any atom is -0.383 e. The molecule has 0 fully saturated rings. The minimum atomic E-state index is -0.561. The lowest BCUT2D eigenvalue weighted by Gasteiger charge is -2.13. The zero-order valence-electron chi connectivity index (χ0n) is 14.0. The maximum Gasteiger partial charge on any atom is 0.252 e. The van der Waals surface area contributed by atoms with E-state index in [4.69, 9.17) is 16.2 Å². The van der Waals surface area contributed by atoms with Crippen molar-refractivity contribution in [3.8, 4) is 11.3 Å². The molecular weight excluding hydrogens is 306 g/mol. The number of anilines is 1. The maximum atomic E-state index is 11.7. The molecule has 2 rings (SSSR count). The summed E-state index contributed by atoms with van der Waals surface area (Å²) in [6.45, 7) is 2.95. The fourth-order valence-electron chi connectivity index (χ4n) is 2.30. The van der Waals surface area contributed by atoms with E-state index in [2.05, 4.69) is 22.2 Å². The van der Waals surface area contributed by atoms with Gasteiger partial charge in [-0.2, -0.15) is 0 Å². The smallest absolute Gasteiger partial charge is 0.252 e. The third-order valence-corrected chi connectivity index (χ3v) is 3.57. The quantitative estimate of drug-likeness (QED) is 0.670. The van der Waals surface area contributed by atoms with Gasteiger partial charge in [0.1, 0.15) is 0 Å². The molecule has 1 aromatic carbocycles. The first-order valence-corrected chi connectivity index (χ1v) is 7.79. The van der Waals surface area contributed by atoms with E-state index >= 15 is 0 Å². The van der Waals surface area contributed by atoms with Crippen LogP contribution in [0.15, 0.2) is 30.5 Å². The minimum absolute atomic E-state index is 0.179. The maximum absolute atomic E-state index is 11.7. The molecule has 1 atom stereocenters. The molecule has 24 heavy (non-hydrogen) atoms. The van der Waals surface area contributed by atoms with Crippen LogP contribution in [0.25, 0.3) is 11.3 Å². The molecule has 1 unspecified atom stereocenters. The Morgan fingerprint density at radius 2 is 2.21 bits per heavy atom. The van der Waals surface area contributed by atoms with Crippen molar-refractivity contribution in [2.45, 2.75) is 19.4 Å². The number of aromatic nitrogens is 2. The zero-order valence-corrected chi connectivity index (χ0v) is 14.0. The van der Waals surface area contributed by atoms with Gasteiger partial charge >= 0.3 is 0 Å². The lowest BCUT2D eigenvalue weighted by atomic mass is 10.0. The topological polar surface area (TPSA) is 116 Å². The number of carbonyl (C=O) groups excluding carboxylic acids is 1. The van der Waals surface area contributed by atoms with E-state index in [0.717, 1.165) is 17.5 Å². The predicted octanol–water partition coefficient (Wildman–Crippen LogP) is 1.19. The Balaban J connectivity index is 2.32. The molecule has 0 aliphatic heterocycles. The molecule has 1 amide bonds. The monoisotopic (exact) mass is 329 g/mol. The number of carbonyl (C=O) groups is 1. The summed E-state index contributed by atoms with van der Waals surface area (Å²) in [7, 11) is 1.59. The van der Waals surface area contributed by atoms with Crippen LogP contribution in [0.4, 0.5) is 5.95 Å². The summed E-state index contributed by atoms with van der Waals surface area (Å²) in [6.07, 6.45) is 2.33. The number of methoxy groups -OCH3 is 1. The van der Waals surface area contributed by atoms with E-state index in [1.807, 2.05) is 24.3 Å². The van der Waals surface area contributed by atoms with Crippen molar-refractivity contribution in [2.75, 3.05) is 25.6 Å².